The molecule has 0 aliphatic carbocycles. The van der Waals surface area contributed by atoms with Crippen molar-refractivity contribution in [2.75, 3.05) is 53.3 Å². The van der Waals surface area contributed by atoms with Crippen LogP contribution in [0.3, 0.4) is 0 Å². The Bertz CT molecular complexity index is 295. The zero-order chi connectivity index (χ0) is 14.0. The van der Waals surface area contributed by atoms with Gasteiger partial charge in [-0.25, -0.2) is 8.42 Å². The first-order valence-corrected chi connectivity index (χ1v) is 7.72. The van der Waals surface area contributed by atoms with Crippen LogP contribution < -0.4 is 5.32 Å². The summed E-state index contributed by atoms with van der Waals surface area (Å²) in [6.07, 6.45) is 0.599. The molecule has 1 atom stereocenters. The van der Waals surface area contributed by atoms with Crippen LogP contribution in [0.4, 0.5) is 0 Å². The second-order valence-electron chi connectivity index (χ2n) is 4.18. The predicted octanol–water partition coefficient (Wildman–Crippen LogP) is -0.0910. The summed E-state index contributed by atoms with van der Waals surface area (Å²) in [5.74, 6) is 0.144. The summed E-state index contributed by atoms with van der Waals surface area (Å²) in [6, 6.07) is -0.176. The standard InChI is InChI=1S/C11H26N2O4S/c1-11(10-17-4)13(7-8-16-3)18(14,15)9-5-6-12-2/h11-12H,5-10H2,1-4H3. The molecule has 0 saturated carbocycles. The van der Waals surface area contributed by atoms with E-state index in [-0.39, 0.29) is 11.8 Å². The van der Waals surface area contributed by atoms with Crippen molar-refractivity contribution in [3.63, 3.8) is 0 Å². The summed E-state index contributed by atoms with van der Waals surface area (Å²) in [7, 11) is 1.68. The first kappa shape index (κ1) is 17.8. The van der Waals surface area contributed by atoms with Gasteiger partial charge in [-0.3, -0.25) is 0 Å². The topological polar surface area (TPSA) is 67.9 Å². The SMILES string of the molecule is CNCCCS(=O)(=O)N(CCOC)C(C)COC. The lowest BCUT2D eigenvalue weighted by atomic mass is 10.3. The number of methoxy groups -OCH3 is 2. The summed E-state index contributed by atoms with van der Waals surface area (Å²) >= 11 is 0. The molecular formula is C11H26N2O4S. The minimum absolute atomic E-state index is 0.144. The molecule has 0 rings (SSSR count). The van der Waals surface area contributed by atoms with E-state index in [0.717, 1.165) is 0 Å². The van der Waals surface area contributed by atoms with Crippen molar-refractivity contribution in [2.24, 2.45) is 0 Å². The minimum atomic E-state index is -3.25. The average molecular weight is 282 g/mol. The van der Waals surface area contributed by atoms with E-state index in [4.69, 9.17) is 9.47 Å². The molecule has 0 heterocycles. The number of hydrogen-bond acceptors (Lipinski definition) is 5. The first-order valence-electron chi connectivity index (χ1n) is 6.11. The average Bonchev–Trinajstić information content (AvgIpc) is 2.29. The third kappa shape index (κ3) is 6.65. The van der Waals surface area contributed by atoms with Crippen molar-refractivity contribution in [3.8, 4) is 0 Å². The van der Waals surface area contributed by atoms with E-state index < -0.39 is 10.0 Å². The highest BCUT2D eigenvalue weighted by atomic mass is 32.2. The number of ether oxygens (including phenoxy) is 2. The molecule has 110 valence electrons. The summed E-state index contributed by atoms with van der Waals surface area (Å²) in [4.78, 5) is 0. The molecule has 0 amide bonds. The molecule has 0 aliphatic heterocycles. The molecule has 1 unspecified atom stereocenters. The monoisotopic (exact) mass is 282 g/mol. The first-order chi connectivity index (χ1) is 8.49. The van der Waals surface area contributed by atoms with Gasteiger partial charge in [-0.1, -0.05) is 0 Å². The van der Waals surface area contributed by atoms with Crippen LogP contribution in [-0.2, 0) is 19.5 Å². The Morgan fingerprint density at radius 2 is 1.94 bits per heavy atom. The Morgan fingerprint density at radius 3 is 2.44 bits per heavy atom. The van der Waals surface area contributed by atoms with Crippen LogP contribution in [0.5, 0.6) is 0 Å². The fraction of sp³-hybridized carbons (Fsp3) is 1.00. The Morgan fingerprint density at radius 1 is 1.28 bits per heavy atom. The maximum absolute atomic E-state index is 12.2. The fourth-order valence-corrected chi connectivity index (χ4v) is 3.39. The lowest BCUT2D eigenvalue weighted by Crippen LogP contribution is -2.44. The van der Waals surface area contributed by atoms with Gasteiger partial charge >= 0.3 is 0 Å². The number of nitrogens with zero attached hydrogens (tertiary/aromatic N) is 1. The van der Waals surface area contributed by atoms with E-state index in [1.54, 1.807) is 14.2 Å². The molecule has 0 saturated heterocycles. The molecule has 18 heavy (non-hydrogen) atoms. The van der Waals surface area contributed by atoms with Gasteiger partial charge in [0.25, 0.3) is 0 Å². The summed E-state index contributed by atoms with van der Waals surface area (Å²) < 4.78 is 35.9. The number of nitrogens with one attached hydrogen (secondary N) is 1. The third-order valence-corrected chi connectivity index (χ3v) is 4.66. The van der Waals surface area contributed by atoms with Crippen LogP contribution in [0, 0.1) is 0 Å². The van der Waals surface area contributed by atoms with Crippen LogP contribution in [0.15, 0.2) is 0 Å². The van der Waals surface area contributed by atoms with Crippen LogP contribution in [-0.4, -0.2) is 72.1 Å². The molecule has 0 aliphatic rings. The normalized spacial score (nSPS) is 14.1. The van der Waals surface area contributed by atoms with Gasteiger partial charge in [0.2, 0.25) is 10.0 Å². The third-order valence-electron chi connectivity index (χ3n) is 2.60. The molecule has 7 heteroatoms. The van der Waals surface area contributed by atoms with Crippen LogP contribution in [0.25, 0.3) is 0 Å². The second-order valence-corrected chi connectivity index (χ2v) is 6.22. The summed E-state index contributed by atoms with van der Waals surface area (Å²) in [5.41, 5.74) is 0. The van der Waals surface area contributed by atoms with Gasteiger partial charge in [-0.05, 0) is 26.9 Å². The number of rotatable bonds is 11. The molecule has 0 fully saturated rings. The molecule has 0 aromatic heterocycles. The van der Waals surface area contributed by atoms with Gasteiger partial charge in [0.05, 0.1) is 19.0 Å². The maximum atomic E-state index is 12.2. The quantitative estimate of drug-likeness (QED) is 0.536. The van der Waals surface area contributed by atoms with E-state index in [1.165, 1.54) is 4.31 Å². The van der Waals surface area contributed by atoms with Crippen molar-refractivity contribution in [3.05, 3.63) is 0 Å². The molecule has 0 radical (unpaired) electrons. The van der Waals surface area contributed by atoms with Crippen molar-refractivity contribution < 1.29 is 17.9 Å². The Kier molecular flexibility index (Phi) is 9.57. The molecule has 0 spiro atoms. The molecule has 0 bridgehead atoms. The molecule has 0 aromatic carbocycles. The van der Waals surface area contributed by atoms with E-state index in [0.29, 0.717) is 32.7 Å². The van der Waals surface area contributed by atoms with Gasteiger partial charge in [-0.15, -0.1) is 0 Å². The predicted molar refractivity (Wildman–Crippen MR) is 72.3 cm³/mol. The van der Waals surface area contributed by atoms with E-state index in [2.05, 4.69) is 5.32 Å². The maximum Gasteiger partial charge on any atom is 0.214 e. The highest BCUT2D eigenvalue weighted by Crippen LogP contribution is 2.09. The van der Waals surface area contributed by atoms with Crippen LogP contribution in [0.2, 0.25) is 0 Å². The van der Waals surface area contributed by atoms with Gasteiger partial charge in [0.15, 0.2) is 0 Å². The molecule has 6 nitrogen and oxygen atoms in total. The van der Waals surface area contributed by atoms with Crippen molar-refractivity contribution >= 4 is 10.0 Å². The van der Waals surface area contributed by atoms with E-state index in [1.807, 2.05) is 14.0 Å². The largest absolute Gasteiger partial charge is 0.383 e. The van der Waals surface area contributed by atoms with Crippen LogP contribution in [0.1, 0.15) is 13.3 Å². The smallest absolute Gasteiger partial charge is 0.214 e. The lowest BCUT2D eigenvalue weighted by Gasteiger charge is -2.27. The van der Waals surface area contributed by atoms with E-state index >= 15 is 0 Å². The zero-order valence-electron chi connectivity index (χ0n) is 11.8. The summed E-state index contributed by atoms with van der Waals surface area (Å²) in [5, 5.41) is 2.94. The molecule has 0 aromatic rings. The fourth-order valence-electron chi connectivity index (χ4n) is 1.69. The van der Waals surface area contributed by atoms with Gasteiger partial charge < -0.3 is 14.8 Å². The Hall–Kier alpha value is -0.210. The second kappa shape index (κ2) is 9.69. The molecule has 1 N–H and O–H groups in total. The zero-order valence-corrected chi connectivity index (χ0v) is 12.6. The summed E-state index contributed by atoms with van der Waals surface area (Å²) in [6.45, 7) is 3.67. The van der Waals surface area contributed by atoms with Gasteiger partial charge in [0, 0.05) is 26.8 Å². The highest BCUT2D eigenvalue weighted by molar-refractivity contribution is 7.89. The van der Waals surface area contributed by atoms with Crippen molar-refractivity contribution in [2.45, 2.75) is 19.4 Å². The van der Waals surface area contributed by atoms with Crippen molar-refractivity contribution in [1.29, 1.82) is 0 Å². The van der Waals surface area contributed by atoms with E-state index in [9.17, 15) is 8.42 Å². The lowest BCUT2D eigenvalue weighted by molar-refractivity contribution is 0.119. The van der Waals surface area contributed by atoms with Gasteiger partial charge in [0.1, 0.15) is 0 Å². The van der Waals surface area contributed by atoms with Crippen LogP contribution >= 0.6 is 0 Å². The highest BCUT2D eigenvalue weighted by Gasteiger charge is 2.26. The Balaban J connectivity index is 4.59. The number of sulfonamides is 1. The number of hydrogen-bond donors (Lipinski definition) is 1. The minimum Gasteiger partial charge on any atom is -0.383 e. The Labute approximate surface area is 111 Å². The van der Waals surface area contributed by atoms with Gasteiger partial charge in [-0.2, -0.15) is 4.31 Å². The molecular weight excluding hydrogens is 256 g/mol. The van der Waals surface area contributed by atoms with Crippen molar-refractivity contribution in [1.82, 2.24) is 9.62 Å².